The molecule has 66 valence electrons. The van der Waals surface area contributed by atoms with E-state index in [1.165, 1.54) is 0 Å². The minimum Gasteiger partial charge on any atom is -0.476 e. The SMILES string of the molecule is CCCCc1[nH]nnc1C(=O)O. The summed E-state index contributed by atoms with van der Waals surface area (Å²) in [5.74, 6) is -1.02. The lowest BCUT2D eigenvalue weighted by Gasteiger charge is -1.94. The first-order valence-corrected chi connectivity index (χ1v) is 3.89. The van der Waals surface area contributed by atoms with Crippen LogP contribution in [0.2, 0.25) is 0 Å². The molecule has 0 aliphatic carbocycles. The Bertz CT molecular complexity index is 269. The van der Waals surface area contributed by atoms with Gasteiger partial charge in [-0.25, -0.2) is 4.79 Å². The Balaban J connectivity index is 2.70. The van der Waals surface area contributed by atoms with Gasteiger partial charge in [-0.1, -0.05) is 18.6 Å². The maximum absolute atomic E-state index is 10.5. The molecule has 0 atom stereocenters. The fraction of sp³-hybridized carbons (Fsp3) is 0.571. The number of aryl methyl sites for hydroxylation is 1. The van der Waals surface area contributed by atoms with Crippen LogP contribution in [0.5, 0.6) is 0 Å². The lowest BCUT2D eigenvalue weighted by Crippen LogP contribution is -2.01. The molecule has 0 radical (unpaired) electrons. The number of aromatic nitrogens is 3. The quantitative estimate of drug-likeness (QED) is 0.700. The smallest absolute Gasteiger partial charge is 0.358 e. The summed E-state index contributed by atoms with van der Waals surface area (Å²) in [4.78, 5) is 10.5. The molecule has 1 aromatic heterocycles. The fourth-order valence-electron chi connectivity index (χ4n) is 0.948. The topological polar surface area (TPSA) is 78.9 Å². The summed E-state index contributed by atoms with van der Waals surface area (Å²) in [5.41, 5.74) is 0.660. The molecule has 12 heavy (non-hydrogen) atoms. The first-order valence-electron chi connectivity index (χ1n) is 3.89. The van der Waals surface area contributed by atoms with Gasteiger partial charge >= 0.3 is 5.97 Å². The van der Waals surface area contributed by atoms with Crippen molar-refractivity contribution in [1.82, 2.24) is 15.4 Å². The number of rotatable bonds is 4. The first kappa shape index (κ1) is 8.70. The molecular formula is C7H11N3O2. The summed E-state index contributed by atoms with van der Waals surface area (Å²) in [7, 11) is 0. The zero-order valence-corrected chi connectivity index (χ0v) is 6.87. The number of carbonyl (C=O) groups is 1. The highest BCUT2D eigenvalue weighted by Gasteiger charge is 2.13. The molecule has 5 nitrogen and oxygen atoms in total. The molecule has 0 spiro atoms. The molecule has 1 heterocycles. The van der Waals surface area contributed by atoms with Crippen molar-refractivity contribution in [2.45, 2.75) is 26.2 Å². The number of carboxylic acids is 1. The largest absolute Gasteiger partial charge is 0.476 e. The molecule has 0 aromatic carbocycles. The van der Waals surface area contributed by atoms with Crippen molar-refractivity contribution < 1.29 is 9.90 Å². The monoisotopic (exact) mass is 169 g/mol. The van der Waals surface area contributed by atoms with Gasteiger partial charge in [0.25, 0.3) is 0 Å². The summed E-state index contributed by atoms with van der Waals surface area (Å²) < 4.78 is 0. The molecule has 2 N–H and O–H groups in total. The maximum atomic E-state index is 10.5. The van der Waals surface area contributed by atoms with E-state index in [4.69, 9.17) is 5.11 Å². The third kappa shape index (κ3) is 1.81. The molecule has 0 saturated carbocycles. The van der Waals surface area contributed by atoms with E-state index in [2.05, 4.69) is 15.4 Å². The van der Waals surface area contributed by atoms with Gasteiger partial charge in [-0.05, 0) is 12.8 Å². The minimum absolute atomic E-state index is 0.0449. The van der Waals surface area contributed by atoms with E-state index in [0.717, 1.165) is 12.8 Å². The van der Waals surface area contributed by atoms with E-state index >= 15 is 0 Å². The van der Waals surface area contributed by atoms with Gasteiger partial charge in [0.15, 0.2) is 5.69 Å². The second-order valence-corrected chi connectivity index (χ2v) is 2.55. The third-order valence-corrected chi connectivity index (χ3v) is 1.60. The summed E-state index contributed by atoms with van der Waals surface area (Å²) in [6, 6.07) is 0. The van der Waals surface area contributed by atoms with Gasteiger partial charge in [-0.2, -0.15) is 0 Å². The summed E-state index contributed by atoms with van der Waals surface area (Å²) >= 11 is 0. The van der Waals surface area contributed by atoms with E-state index in [1.54, 1.807) is 0 Å². The Kier molecular flexibility index (Phi) is 2.79. The zero-order chi connectivity index (χ0) is 8.97. The van der Waals surface area contributed by atoms with Crippen molar-refractivity contribution in [3.8, 4) is 0 Å². The Morgan fingerprint density at radius 3 is 3.00 bits per heavy atom. The third-order valence-electron chi connectivity index (χ3n) is 1.60. The molecule has 0 saturated heterocycles. The fourth-order valence-corrected chi connectivity index (χ4v) is 0.948. The van der Waals surface area contributed by atoms with Crippen molar-refractivity contribution in [3.63, 3.8) is 0 Å². The highest BCUT2D eigenvalue weighted by molar-refractivity contribution is 5.86. The number of aromatic amines is 1. The van der Waals surface area contributed by atoms with E-state index in [0.29, 0.717) is 12.1 Å². The van der Waals surface area contributed by atoms with E-state index in [9.17, 15) is 4.79 Å². The average molecular weight is 169 g/mol. The Morgan fingerprint density at radius 1 is 1.67 bits per heavy atom. The predicted octanol–water partition coefficient (Wildman–Crippen LogP) is 0.846. The van der Waals surface area contributed by atoms with Gasteiger partial charge in [0.2, 0.25) is 0 Å². The summed E-state index contributed by atoms with van der Waals surface area (Å²) in [5, 5.41) is 18.1. The second-order valence-electron chi connectivity index (χ2n) is 2.55. The van der Waals surface area contributed by atoms with E-state index < -0.39 is 5.97 Å². The second kappa shape index (κ2) is 3.85. The number of aromatic carboxylic acids is 1. The maximum Gasteiger partial charge on any atom is 0.358 e. The summed E-state index contributed by atoms with van der Waals surface area (Å²) in [6.07, 6.45) is 2.67. The average Bonchev–Trinajstić information content (AvgIpc) is 2.48. The van der Waals surface area contributed by atoms with Crippen LogP contribution in [0.1, 0.15) is 35.9 Å². The number of unbranched alkanes of at least 4 members (excludes halogenated alkanes) is 1. The van der Waals surface area contributed by atoms with E-state index in [-0.39, 0.29) is 5.69 Å². The van der Waals surface area contributed by atoms with Crippen molar-refractivity contribution in [2.75, 3.05) is 0 Å². The molecular weight excluding hydrogens is 158 g/mol. The van der Waals surface area contributed by atoms with Gasteiger partial charge in [0, 0.05) is 0 Å². The van der Waals surface area contributed by atoms with Crippen LogP contribution >= 0.6 is 0 Å². The first-order chi connectivity index (χ1) is 5.75. The van der Waals surface area contributed by atoms with Crippen molar-refractivity contribution >= 4 is 5.97 Å². The van der Waals surface area contributed by atoms with Crippen LogP contribution in [0, 0.1) is 0 Å². The molecule has 1 aromatic rings. The number of hydrogen-bond acceptors (Lipinski definition) is 3. The molecule has 0 aliphatic rings. The number of H-pyrrole nitrogens is 1. The molecule has 0 fully saturated rings. The predicted molar refractivity (Wildman–Crippen MR) is 42.0 cm³/mol. The van der Waals surface area contributed by atoms with Gasteiger partial charge in [-0.15, -0.1) is 5.10 Å². The van der Waals surface area contributed by atoms with Gasteiger partial charge < -0.3 is 5.11 Å². The van der Waals surface area contributed by atoms with Gasteiger partial charge in [0.1, 0.15) is 0 Å². The number of nitrogens with zero attached hydrogens (tertiary/aromatic N) is 2. The number of nitrogens with one attached hydrogen (secondary N) is 1. The normalized spacial score (nSPS) is 10.1. The summed E-state index contributed by atoms with van der Waals surface area (Å²) in [6.45, 7) is 2.05. The molecule has 1 rings (SSSR count). The van der Waals surface area contributed by atoms with Gasteiger partial charge in [-0.3, -0.25) is 5.10 Å². The van der Waals surface area contributed by atoms with E-state index in [1.807, 2.05) is 6.92 Å². The van der Waals surface area contributed by atoms with Crippen LogP contribution in [0.25, 0.3) is 0 Å². The Hall–Kier alpha value is -1.39. The Labute approximate surface area is 69.8 Å². The van der Waals surface area contributed by atoms with Gasteiger partial charge in [0.05, 0.1) is 5.69 Å². The van der Waals surface area contributed by atoms with Crippen LogP contribution in [-0.4, -0.2) is 26.5 Å². The lowest BCUT2D eigenvalue weighted by molar-refractivity contribution is 0.0689. The molecule has 0 amide bonds. The highest BCUT2D eigenvalue weighted by Crippen LogP contribution is 2.05. The molecule has 5 heteroatoms. The molecule has 0 unspecified atom stereocenters. The Morgan fingerprint density at radius 2 is 2.42 bits per heavy atom. The number of hydrogen-bond donors (Lipinski definition) is 2. The highest BCUT2D eigenvalue weighted by atomic mass is 16.4. The zero-order valence-electron chi connectivity index (χ0n) is 6.87. The van der Waals surface area contributed by atoms with Crippen molar-refractivity contribution in [2.24, 2.45) is 0 Å². The minimum atomic E-state index is -1.02. The molecule has 0 aliphatic heterocycles. The van der Waals surface area contributed by atoms with Crippen LogP contribution in [-0.2, 0) is 6.42 Å². The van der Waals surface area contributed by atoms with Crippen LogP contribution < -0.4 is 0 Å². The number of carboxylic acid groups (broad SMARTS) is 1. The van der Waals surface area contributed by atoms with Crippen molar-refractivity contribution in [1.29, 1.82) is 0 Å². The lowest BCUT2D eigenvalue weighted by atomic mass is 10.2. The van der Waals surface area contributed by atoms with Crippen LogP contribution in [0.15, 0.2) is 0 Å². The van der Waals surface area contributed by atoms with Crippen LogP contribution in [0.3, 0.4) is 0 Å². The molecule has 0 bridgehead atoms. The van der Waals surface area contributed by atoms with Crippen LogP contribution in [0.4, 0.5) is 0 Å². The van der Waals surface area contributed by atoms with Crippen molar-refractivity contribution in [3.05, 3.63) is 11.4 Å². The standard InChI is InChI=1S/C7H11N3O2/c1-2-3-4-5-6(7(11)12)9-10-8-5/h2-4H2,1H3,(H,11,12)(H,8,9,10).